The van der Waals surface area contributed by atoms with Crippen molar-refractivity contribution in [1.29, 1.82) is 0 Å². The van der Waals surface area contributed by atoms with Crippen LogP contribution in [-0.2, 0) is 17.9 Å². The van der Waals surface area contributed by atoms with Gasteiger partial charge in [0.25, 0.3) is 0 Å². The molecule has 0 aliphatic heterocycles. The molecule has 0 fully saturated rings. The molecule has 5 nitrogen and oxygen atoms in total. The number of hydrogen-bond donors (Lipinski definition) is 1. The summed E-state index contributed by atoms with van der Waals surface area (Å²) in [5, 5.41) is 3.89. The lowest BCUT2D eigenvalue weighted by Gasteiger charge is -2.14. The molecule has 142 valence electrons. The van der Waals surface area contributed by atoms with E-state index in [2.05, 4.69) is 10.3 Å². The number of benzene rings is 1. The highest BCUT2D eigenvalue weighted by molar-refractivity contribution is 6.29. The van der Waals surface area contributed by atoms with Crippen molar-refractivity contribution < 1.29 is 14.2 Å². The van der Waals surface area contributed by atoms with Gasteiger partial charge in [-0.05, 0) is 50.6 Å². The second-order valence-corrected chi connectivity index (χ2v) is 6.11. The molecule has 6 heteroatoms. The molecule has 0 spiro atoms. The molecular weight excluding hydrogens is 352 g/mol. The molecular formula is C20H27ClN2O3. The Bertz CT molecular complexity index is 650. The van der Waals surface area contributed by atoms with E-state index in [9.17, 15) is 0 Å². The largest absolute Gasteiger partial charge is 0.490 e. The molecule has 0 bridgehead atoms. The SMILES string of the molecule is CCOCCCNCc1ccc(OCc2ccc(Cl)nc2)c(OCC)c1. The molecule has 1 heterocycles. The minimum absolute atomic E-state index is 0.416. The van der Waals surface area contributed by atoms with E-state index < -0.39 is 0 Å². The van der Waals surface area contributed by atoms with Crippen LogP contribution in [0.1, 0.15) is 31.4 Å². The van der Waals surface area contributed by atoms with Crippen molar-refractivity contribution in [2.75, 3.05) is 26.4 Å². The number of aromatic nitrogens is 1. The number of pyridine rings is 1. The third-order valence-electron chi connectivity index (χ3n) is 3.67. The number of hydrogen-bond acceptors (Lipinski definition) is 5. The van der Waals surface area contributed by atoms with Gasteiger partial charge < -0.3 is 19.5 Å². The average Bonchev–Trinajstić information content (AvgIpc) is 2.65. The van der Waals surface area contributed by atoms with Crippen molar-refractivity contribution in [2.45, 2.75) is 33.4 Å². The van der Waals surface area contributed by atoms with Crippen LogP contribution in [0.15, 0.2) is 36.5 Å². The molecule has 0 saturated carbocycles. The number of rotatable bonds is 12. The van der Waals surface area contributed by atoms with Gasteiger partial charge in [0.1, 0.15) is 11.8 Å². The lowest BCUT2D eigenvalue weighted by Crippen LogP contribution is -2.16. The summed E-state index contributed by atoms with van der Waals surface area (Å²) in [7, 11) is 0. The van der Waals surface area contributed by atoms with E-state index in [4.69, 9.17) is 25.8 Å². The van der Waals surface area contributed by atoms with Crippen LogP contribution in [0.3, 0.4) is 0 Å². The van der Waals surface area contributed by atoms with E-state index in [1.807, 2.05) is 38.1 Å². The second-order valence-electron chi connectivity index (χ2n) is 5.72. The van der Waals surface area contributed by atoms with E-state index in [0.717, 1.165) is 55.4 Å². The zero-order valence-electron chi connectivity index (χ0n) is 15.5. The molecule has 1 aromatic carbocycles. The first kappa shape index (κ1) is 20.5. The van der Waals surface area contributed by atoms with E-state index in [0.29, 0.717) is 18.4 Å². The maximum absolute atomic E-state index is 5.90. The molecule has 0 unspecified atom stereocenters. The van der Waals surface area contributed by atoms with Gasteiger partial charge in [0.2, 0.25) is 0 Å². The van der Waals surface area contributed by atoms with E-state index >= 15 is 0 Å². The summed E-state index contributed by atoms with van der Waals surface area (Å²) in [6.07, 6.45) is 2.71. The standard InChI is InChI=1S/C20H27ClN2O3/c1-3-24-11-5-10-22-13-16-6-8-18(19(12-16)25-4-2)26-15-17-7-9-20(21)23-14-17/h6-9,12,14,22H,3-5,10-11,13,15H2,1-2H3. The van der Waals surface area contributed by atoms with Crippen LogP contribution in [-0.4, -0.2) is 31.3 Å². The Morgan fingerprint density at radius 3 is 2.58 bits per heavy atom. The van der Waals surface area contributed by atoms with Crippen LogP contribution in [0.25, 0.3) is 0 Å². The van der Waals surface area contributed by atoms with Gasteiger partial charge in [-0.1, -0.05) is 23.7 Å². The molecule has 0 atom stereocenters. The first-order valence-electron chi connectivity index (χ1n) is 9.00. The summed E-state index contributed by atoms with van der Waals surface area (Å²) in [4.78, 5) is 4.06. The summed E-state index contributed by atoms with van der Waals surface area (Å²) in [6.45, 7) is 8.25. The summed E-state index contributed by atoms with van der Waals surface area (Å²) in [5.74, 6) is 1.48. The minimum atomic E-state index is 0.416. The maximum Gasteiger partial charge on any atom is 0.161 e. The zero-order chi connectivity index (χ0) is 18.6. The van der Waals surface area contributed by atoms with Gasteiger partial charge in [0.15, 0.2) is 11.5 Å². The van der Waals surface area contributed by atoms with E-state index in [1.54, 1.807) is 12.3 Å². The van der Waals surface area contributed by atoms with Crippen molar-refractivity contribution >= 4 is 11.6 Å². The quantitative estimate of drug-likeness (QED) is 0.442. The predicted octanol–water partition coefficient (Wildman–Crippen LogP) is 4.23. The molecule has 0 radical (unpaired) electrons. The predicted molar refractivity (Wildman–Crippen MR) is 104 cm³/mol. The number of nitrogens with zero attached hydrogens (tertiary/aromatic N) is 1. The third kappa shape index (κ3) is 7.20. The van der Waals surface area contributed by atoms with Crippen molar-refractivity contribution in [2.24, 2.45) is 0 Å². The summed E-state index contributed by atoms with van der Waals surface area (Å²) < 4.78 is 17.0. The van der Waals surface area contributed by atoms with Crippen LogP contribution in [0.5, 0.6) is 11.5 Å². The third-order valence-corrected chi connectivity index (χ3v) is 3.89. The molecule has 0 aliphatic rings. The molecule has 2 aromatic rings. The fourth-order valence-electron chi connectivity index (χ4n) is 2.38. The Labute approximate surface area is 160 Å². The first-order chi connectivity index (χ1) is 12.7. The number of ether oxygens (including phenoxy) is 3. The Hall–Kier alpha value is -1.82. The summed E-state index contributed by atoms with van der Waals surface area (Å²) >= 11 is 5.80. The van der Waals surface area contributed by atoms with Crippen LogP contribution in [0.2, 0.25) is 5.15 Å². The fraction of sp³-hybridized carbons (Fsp3) is 0.450. The van der Waals surface area contributed by atoms with Crippen LogP contribution in [0.4, 0.5) is 0 Å². The minimum Gasteiger partial charge on any atom is -0.490 e. The van der Waals surface area contributed by atoms with Gasteiger partial charge in [-0.3, -0.25) is 0 Å². The first-order valence-corrected chi connectivity index (χ1v) is 9.38. The molecule has 0 saturated heterocycles. The number of halogens is 1. The molecule has 2 rings (SSSR count). The van der Waals surface area contributed by atoms with Gasteiger partial charge in [0, 0.05) is 31.5 Å². The average molecular weight is 379 g/mol. The topological polar surface area (TPSA) is 52.6 Å². The molecule has 0 amide bonds. The van der Waals surface area contributed by atoms with Gasteiger partial charge >= 0.3 is 0 Å². The van der Waals surface area contributed by atoms with Crippen LogP contribution < -0.4 is 14.8 Å². The Kier molecular flexibility index (Phi) is 9.24. The number of nitrogens with one attached hydrogen (secondary N) is 1. The zero-order valence-corrected chi connectivity index (χ0v) is 16.2. The van der Waals surface area contributed by atoms with Crippen molar-refractivity contribution in [3.05, 3.63) is 52.8 Å². The Morgan fingerprint density at radius 2 is 1.85 bits per heavy atom. The van der Waals surface area contributed by atoms with Crippen molar-refractivity contribution in [3.63, 3.8) is 0 Å². The van der Waals surface area contributed by atoms with E-state index in [1.165, 1.54) is 0 Å². The van der Waals surface area contributed by atoms with Crippen LogP contribution in [0, 0.1) is 0 Å². The summed E-state index contributed by atoms with van der Waals surface area (Å²) in [6, 6.07) is 9.67. The van der Waals surface area contributed by atoms with Gasteiger partial charge in [-0.2, -0.15) is 0 Å². The molecule has 1 N–H and O–H groups in total. The molecule has 0 aliphatic carbocycles. The smallest absolute Gasteiger partial charge is 0.161 e. The lowest BCUT2D eigenvalue weighted by atomic mass is 10.2. The van der Waals surface area contributed by atoms with Gasteiger partial charge in [0.05, 0.1) is 6.61 Å². The monoisotopic (exact) mass is 378 g/mol. The highest BCUT2D eigenvalue weighted by Crippen LogP contribution is 2.29. The maximum atomic E-state index is 5.90. The van der Waals surface area contributed by atoms with E-state index in [-0.39, 0.29) is 0 Å². The van der Waals surface area contributed by atoms with Crippen molar-refractivity contribution in [1.82, 2.24) is 10.3 Å². The summed E-state index contributed by atoms with van der Waals surface area (Å²) in [5.41, 5.74) is 2.11. The Morgan fingerprint density at radius 1 is 1.00 bits per heavy atom. The highest BCUT2D eigenvalue weighted by Gasteiger charge is 2.07. The Balaban J connectivity index is 1.89. The fourth-order valence-corrected chi connectivity index (χ4v) is 2.49. The van der Waals surface area contributed by atoms with Gasteiger partial charge in [-0.15, -0.1) is 0 Å². The highest BCUT2D eigenvalue weighted by atomic mass is 35.5. The lowest BCUT2D eigenvalue weighted by molar-refractivity contribution is 0.144. The second kappa shape index (κ2) is 11.7. The van der Waals surface area contributed by atoms with Crippen LogP contribution >= 0.6 is 11.6 Å². The molecule has 26 heavy (non-hydrogen) atoms. The molecule has 1 aromatic heterocycles. The van der Waals surface area contributed by atoms with Crippen molar-refractivity contribution in [3.8, 4) is 11.5 Å². The normalized spacial score (nSPS) is 10.7. The van der Waals surface area contributed by atoms with Gasteiger partial charge in [-0.25, -0.2) is 4.98 Å².